The number of rotatable bonds is 4. The van der Waals surface area contributed by atoms with Crippen molar-refractivity contribution < 1.29 is 9.15 Å². The van der Waals surface area contributed by atoms with E-state index in [1.807, 2.05) is 38.1 Å². The Hall–Kier alpha value is -1.81. The Morgan fingerprint density at radius 1 is 1.35 bits per heavy atom. The van der Waals surface area contributed by atoms with E-state index in [9.17, 15) is 0 Å². The Morgan fingerprint density at radius 2 is 2.12 bits per heavy atom. The fourth-order valence-corrected chi connectivity index (χ4v) is 1.66. The van der Waals surface area contributed by atoms with E-state index in [2.05, 4.69) is 4.98 Å². The second kappa shape index (κ2) is 5.01. The van der Waals surface area contributed by atoms with Gasteiger partial charge in [-0.25, -0.2) is 4.98 Å². The van der Waals surface area contributed by atoms with Crippen LogP contribution in [0.25, 0.3) is 11.5 Å². The summed E-state index contributed by atoms with van der Waals surface area (Å²) >= 11 is 0. The van der Waals surface area contributed by atoms with Crippen molar-refractivity contribution in [1.29, 1.82) is 0 Å². The van der Waals surface area contributed by atoms with Crippen LogP contribution < -0.4 is 10.5 Å². The lowest BCUT2D eigenvalue weighted by Gasteiger charge is -2.06. The molecule has 2 rings (SSSR count). The second-order valence-corrected chi connectivity index (χ2v) is 3.66. The quantitative estimate of drug-likeness (QED) is 0.879. The van der Waals surface area contributed by atoms with Crippen LogP contribution in [0.2, 0.25) is 0 Å². The van der Waals surface area contributed by atoms with E-state index >= 15 is 0 Å². The maximum atomic E-state index is 5.61. The van der Waals surface area contributed by atoms with Gasteiger partial charge in [0, 0.05) is 6.54 Å². The van der Waals surface area contributed by atoms with Crippen LogP contribution in [-0.4, -0.2) is 11.6 Å². The highest BCUT2D eigenvalue weighted by atomic mass is 16.5. The summed E-state index contributed by atoms with van der Waals surface area (Å²) in [5.41, 5.74) is 7.23. The van der Waals surface area contributed by atoms with Crippen molar-refractivity contribution in [2.75, 3.05) is 6.61 Å². The first-order valence-corrected chi connectivity index (χ1v) is 5.64. The number of ether oxygens (including phenoxy) is 1. The van der Waals surface area contributed by atoms with Gasteiger partial charge in [0.2, 0.25) is 5.89 Å². The van der Waals surface area contributed by atoms with E-state index in [-0.39, 0.29) is 0 Å². The summed E-state index contributed by atoms with van der Waals surface area (Å²) in [6.07, 6.45) is 0. The van der Waals surface area contributed by atoms with Gasteiger partial charge < -0.3 is 14.9 Å². The van der Waals surface area contributed by atoms with Gasteiger partial charge in [0.1, 0.15) is 11.5 Å². The lowest BCUT2D eigenvalue weighted by Crippen LogP contribution is -1.98. The maximum absolute atomic E-state index is 5.61. The summed E-state index contributed by atoms with van der Waals surface area (Å²) in [5, 5.41) is 0. The Morgan fingerprint density at radius 3 is 2.76 bits per heavy atom. The molecule has 0 radical (unpaired) electrons. The predicted molar refractivity (Wildman–Crippen MR) is 65.7 cm³/mol. The minimum absolute atomic E-state index is 0.381. The third kappa shape index (κ3) is 2.31. The van der Waals surface area contributed by atoms with Gasteiger partial charge in [0.05, 0.1) is 17.9 Å². The lowest BCUT2D eigenvalue weighted by atomic mass is 10.2. The molecule has 0 atom stereocenters. The van der Waals surface area contributed by atoms with Gasteiger partial charge in [0.25, 0.3) is 0 Å². The molecule has 2 aromatic rings. The number of nitrogens with zero attached hydrogens (tertiary/aromatic N) is 1. The van der Waals surface area contributed by atoms with Crippen molar-refractivity contribution >= 4 is 0 Å². The van der Waals surface area contributed by atoms with Crippen LogP contribution in [0.1, 0.15) is 18.4 Å². The van der Waals surface area contributed by atoms with Gasteiger partial charge in [-0.15, -0.1) is 0 Å². The first-order valence-electron chi connectivity index (χ1n) is 5.64. The zero-order chi connectivity index (χ0) is 12.3. The summed E-state index contributed by atoms with van der Waals surface area (Å²) < 4.78 is 11.2. The molecule has 0 saturated carbocycles. The molecule has 0 aliphatic carbocycles. The zero-order valence-electron chi connectivity index (χ0n) is 10.1. The van der Waals surface area contributed by atoms with Crippen LogP contribution in [0.5, 0.6) is 5.75 Å². The Labute approximate surface area is 100 Å². The largest absolute Gasteiger partial charge is 0.493 e. The lowest BCUT2D eigenvalue weighted by molar-refractivity contribution is 0.340. The number of para-hydroxylation sites is 1. The molecule has 0 fully saturated rings. The molecule has 0 amide bonds. The van der Waals surface area contributed by atoms with Crippen LogP contribution in [0.3, 0.4) is 0 Å². The van der Waals surface area contributed by atoms with E-state index in [4.69, 9.17) is 14.9 Å². The van der Waals surface area contributed by atoms with Gasteiger partial charge >= 0.3 is 0 Å². The molecule has 0 saturated heterocycles. The van der Waals surface area contributed by atoms with Gasteiger partial charge in [-0.2, -0.15) is 0 Å². The van der Waals surface area contributed by atoms with Gasteiger partial charge in [0.15, 0.2) is 0 Å². The number of nitrogens with two attached hydrogens (primary N) is 1. The minimum Gasteiger partial charge on any atom is -0.493 e. The van der Waals surface area contributed by atoms with Gasteiger partial charge in [-0.05, 0) is 26.0 Å². The van der Waals surface area contributed by atoms with E-state index in [1.165, 1.54) is 0 Å². The molecule has 2 N–H and O–H groups in total. The number of benzene rings is 1. The molecule has 1 heterocycles. The molecule has 17 heavy (non-hydrogen) atoms. The molecule has 90 valence electrons. The average molecular weight is 232 g/mol. The molecule has 4 nitrogen and oxygen atoms in total. The van der Waals surface area contributed by atoms with E-state index < -0.39 is 0 Å². The number of oxazole rings is 1. The first kappa shape index (κ1) is 11.7. The second-order valence-electron chi connectivity index (χ2n) is 3.66. The molecule has 0 spiro atoms. The topological polar surface area (TPSA) is 61.3 Å². The molecule has 0 unspecified atom stereocenters. The van der Waals surface area contributed by atoms with Crippen LogP contribution in [0.15, 0.2) is 28.7 Å². The Balaban J connectivity index is 2.44. The first-order chi connectivity index (χ1) is 8.26. The van der Waals surface area contributed by atoms with Gasteiger partial charge in [-0.3, -0.25) is 0 Å². The third-order valence-corrected chi connectivity index (χ3v) is 2.50. The molecule has 0 bridgehead atoms. The van der Waals surface area contributed by atoms with Crippen molar-refractivity contribution in [3.63, 3.8) is 0 Å². The summed E-state index contributed by atoms with van der Waals surface area (Å²) in [7, 11) is 0. The van der Waals surface area contributed by atoms with Crippen molar-refractivity contribution in [2.24, 2.45) is 5.73 Å². The van der Waals surface area contributed by atoms with E-state index in [0.29, 0.717) is 19.0 Å². The fourth-order valence-electron chi connectivity index (χ4n) is 1.66. The van der Waals surface area contributed by atoms with Crippen molar-refractivity contribution in [1.82, 2.24) is 4.98 Å². The maximum Gasteiger partial charge on any atom is 0.230 e. The number of aromatic nitrogens is 1. The molecular formula is C13H16N2O2. The summed E-state index contributed by atoms with van der Waals surface area (Å²) in [4.78, 5) is 4.37. The molecule has 1 aromatic carbocycles. The van der Waals surface area contributed by atoms with Crippen molar-refractivity contribution in [3.05, 3.63) is 35.7 Å². The summed E-state index contributed by atoms with van der Waals surface area (Å²) in [6.45, 7) is 4.80. The predicted octanol–water partition coefficient (Wildman–Crippen LogP) is 2.51. The molecule has 0 aliphatic rings. The van der Waals surface area contributed by atoms with Crippen LogP contribution in [0, 0.1) is 6.92 Å². The molecule has 0 aliphatic heterocycles. The number of aryl methyl sites for hydroxylation is 1. The Bertz CT molecular complexity index is 506. The van der Waals surface area contributed by atoms with Crippen molar-refractivity contribution in [3.8, 4) is 17.2 Å². The minimum atomic E-state index is 0.381. The normalized spacial score (nSPS) is 10.5. The fraction of sp³-hybridized carbons (Fsp3) is 0.308. The average Bonchev–Trinajstić information content (AvgIpc) is 2.71. The van der Waals surface area contributed by atoms with Gasteiger partial charge in [-0.1, -0.05) is 12.1 Å². The molecule has 4 heteroatoms. The highest BCUT2D eigenvalue weighted by molar-refractivity contribution is 5.63. The highest BCUT2D eigenvalue weighted by Crippen LogP contribution is 2.30. The highest BCUT2D eigenvalue weighted by Gasteiger charge is 2.13. The smallest absolute Gasteiger partial charge is 0.230 e. The number of hydrogen-bond acceptors (Lipinski definition) is 4. The summed E-state index contributed by atoms with van der Waals surface area (Å²) in [5.74, 6) is 2.10. The van der Waals surface area contributed by atoms with Crippen LogP contribution in [-0.2, 0) is 6.54 Å². The monoisotopic (exact) mass is 232 g/mol. The van der Waals surface area contributed by atoms with E-state index in [0.717, 1.165) is 22.8 Å². The third-order valence-electron chi connectivity index (χ3n) is 2.50. The van der Waals surface area contributed by atoms with Crippen LogP contribution in [0.4, 0.5) is 0 Å². The number of hydrogen-bond donors (Lipinski definition) is 1. The summed E-state index contributed by atoms with van der Waals surface area (Å²) in [6, 6.07) is 7.69. The zero-order valence-corrected chi connectivity index (χ0v) is 10.1. The molecule has 1 aromatic heterocycles. The standard InChI is InChI=1S/C13H16N2O2/c1-3-16-12-7-5-4-6-10(12)13-15-11(8-14)9(2)17-13/h4-7H,3,8,14H2,1-2H3. The van der Waals surface area contributed by atoms with Crippen LogP contribution >= 0.6 is 0 Å². The van der Waals surface area contributed by atoms with E-state index in [1.54, 1.807) is 0 Å². The van der Waals surface area contributed by atoms with Crippen molar-refractivity contribution in [2.45, 2.75) is 20.4 Å². The molecular weight excluding hydrogens is 216 g/mol. The Kier molecular flexibility index (Phi) is 3.44. The SMILES string of the molecule is CCOc1ccccc1-c1nc(CN)c(C)o1.